The molecule has 0 radical (unpaired) electrons. The van der Waals surface area contributed by atoms with E-state index in [4.69, 9.17) is 11.6 Å². The van der Waals surface area contributed by atoms with Crippen LogP contribution in [0.1, 0.15) is 18.6 Å². The molecule has 1 N–H and O–H groups in total. The van der Waals surface area contributed by atoms with E-state index >= 15 is 0 Å². The molecule has 13 heavy (non-hydrogen) atoms. The van der Waals surface area contributed by atoms with Crippen molar-refractivity contribution in [1.29, 1.82) is 0 Å². The number of hydrogen-bond donors (Lipinski definition) is 1. The molecule has 2 atom stereocenters. The molecule has 0 saturated heterocycles. The van der Waals surface area contributed by atoms with Crippen molar-refractivity contribution in [3.05, 3.63) is 28.8 Å². The molecule has 0 aromatic heterocycles. The Bertz CT molecular complexity index is 338. The quantitative estimate of drug-likeness (QED) is 0.770. The van der Waals surface area contributed by atoms with Crippen LogP contribution in [0.4, 0.5) is 0 Å². The maximum atomic E-state index is 10.7. The van der Waals surface area contributed by atoms with Gasteiger partial charge in [0.25, 0.3) is 0 Å². The second kappa shape index (κ2) is 4.19. The minimum absolute atomic E-state index is 0.0440. The van der Waals surface area contributed by atoms with Gasteiger partial charge in [0.1, 0.15) is 0 Å². The lowest BCUT2D eigenvalue weighted by atomic mass is 10.1. The summed E-state index contributed by atoms with van der Waals surface area (Å²) >= 11 is 3.37. The van der Waals surface area contributed by atoms with Crippen LogP contribution in [0.3, 0.4) is 0 Å². The van der Waals surface area contributed by atoms with E-state index in [-0.39, 0.29) is 15.5 Å². The zero-order valence-electron chi connectivity index (χ0n) is 6.86. The lowest BCUT2D eigenvalue weighted by Gasteiger charge is -2.15. The second-order valence-electron chi connectivity index (χ2n) is 2.56. The Morgan fingerprint density at radius 1 is 1.62 bits per heavy atom. The van der Waals surface area contributed by atoms with Crippen molar-refractivity contribution in [2.45, 2.75) is 17.9 Å². The van der Waals surface area contributed by atoms with Crippen LogP contribution in [0, 0.1) is 0 Å². The largest absolute Gasteiger partial charge is 0.768 e. The summed E-state index contributed by atoms with van der Waals surface area (Å²) in [7, 11) is 0. The molecule has 0 aliphatic carbocycles. The molecule has 0 aliphatic rings. The predicted molar refractivity (Wildman–Crippen MR) is 49.3 cm³/mol. The van der Waals surface area contributed by atoms with Gasteiger partial charge in [0.15, 0.2) is 0 Å². The second-order valence-corrected chi connectivity index (χ2v) is 3.88. The molecular formula is C8H8ClO3S-. The van der Waals surface area contributed by atoms with Crippen LogP contribution < -0.4 is 0 Å². The van der Waals surface area contributed by atoms with Gasteiger partial charge in [-0.1, -0.05) is 17.7 Å². The third-order valence-corrected chi connectivity index (χ3v) is 2.65. The number of aliphatic hydroxyl groups is 1. The summed E-state index contributed by atoms with van der Waals surface area (Å²) in [6, 6.07) is 4.47. The minimum atomic E-state index is -2.37. The molecule has 2 unspecified atom stereocenters. The summed E-state index contributed by atoms with van der Waals surface area (Å²) in [5.41, 5.74) is 0.248. The fourth-order valence-electron chi connectivity index (χ4n) is 1.07. The molecule has 1 aromatic carbocycles. The van der Waals surface area contributed by atoms with Crippen molar-refractivity contribution in [1.82, 2.24) is 0 Å². The molecule has 0 bridgehead atoms. The lowest BCUT2D eigenvalue weighted by molar-refractivity contribution is 0.196. The number of benzene rings is 1. The fourth-order valence-corrected chi connectivity index (χ4v) is 2.11. The van der Waals surface area contributed by atoms with Crippen molar-refractivity contribution in [3.63, 3.8) is 0 Å². The summed E-state index contributed by atoms with van der Waals surface area (Å²) in [6.45, 7) is 1.47. The zero-order chi connectivity index (χ0) is 10.0. The Morgan fingerprint density at radius 3 is 2.62 bits per heavy atom. The number of aliphatic hydroxyl groups excluding tert-OH is 1. The number of hydrogen-bond acceptors (Lipinski definition) is 3. The zero-order valence-corrected chi connectivity index (χ0v) is 8.43. The predicted octanol–water partition coefficient (Wildman–Crippen LogP) is 1.63. The van der Waals surface area contributed by atoms with E-state index < -0.39 is 17.2 Å². The highest BCUT2D eigenvalue weighted by molar-refractivity contribution is 7.79. The van der Waals surface area contributed by atoms with E-state index in [2.05, 4.69) is 0 Å². The van der Waals surface area contributed by atoms with E-state index in [1.54, 1.807) is 6.07 Å². The van der Waals surface area contributed by atoms with Crippen molar-refractivity contribution in [2.75, 3.05) is 0 Å². The van der Waals surface area contributed by atoms with Gasteiger partial charge in [0.05, 0.1) is 6.10 Å². The molecule has 3 nitrogen and oxygen atoms in total. The first-order chi connectivity index (χ1) is 6.04. The number of halogens is 1. The molecule has 5 heteroatoms. The Kier molecular flexibility index (Phi) is 3.44. The van der Waals surface area contributed by atoms with Crippen molar-refractivity contribution in [2.24, 2.45) is 0 Å². The average Bonchev–Trinajstić information content (AvgIpc) is 2.02. The van der Waals surface area contributed by atoms with Crippen LogP contribution in [0.25, 0.3) is 0 Å². The highest BCUT2D eigenvalue weighted by Crippen LogP contribution is 2.27. The van der Waals surface area contributed by atoms with Gasteiger partial charge >= 0.3 is 0 Å². The Labute approximate surface area is 83.6 Å². The maximum Gasteiger partial charge on any atom is 0.0787 e. The van der Waals surface area contributed by atoms with Crippen molar-refractivity contribution >= 4 is 22.7 Å². The van der Waals surface area contributed by atoms with Gasteiger partial charge in [-0.2, -0.15) is 0 Å². The molecule has 0 aliphatic heterocycles. The SMILES string of the molecule is CC(O)c1c(Cl)cccc1S(=O)[O-]. The van der Waals surface area contributed by atoms with E-state index in [9.17, 15) is 13.9 Å². The molecule has 1 rings (SSSR count). The molecule has 72 valence electrons. The smallest absolute Gasteiger partial charge is 0.0787 e. The molecule has 0 amide bonds. The maximum absolute atomic E-state index is 10.7. The van der Waals surface area contributed by atoms with Crippen LogP contribution in [0.2, 0.25) is 5.02 Å². The first kappa shape index (κ1) is 10.7. The summed E-state index contributed by atoms with van der Waals surface area (Å²) < 4.78 is 21.4. The Morgan fingerprint density at radius 2 is 2.23 bits per heavy atom. The molecular weight excluding hydrogens is 212 g/mol. The first-order valence-electron chi connectivity index (χ1n) is 3.59. The van der Waals surface area contributed by atoms with E-state index in [1.807, 2.05) is 0 Å². The summed E-state index contributed by atoms with van der Waals surface area (Å²) in [4.78, 5) is 0.0440. The Balaban J connectivity index is 3.34. The third-order valence-electron chi connectivity index (χ3n) is 1.61. The summed E-state index contributed by atoms with van der Waals surface area (Å²) in [5, 5.41) is 9.54. The molecule has 0 spiro atoms. The van der Waals surface area contributed by atoms with Gasteiger partial charge < -0.3 is 9.66 Å². The van der Waals surface area contributed by atoms with Gasteiger partial charge in [0, 0.05) is 15.5 Å². The van der Waals surface area contributed by atoms with Crippen LogP contribution in [0.15, 0.2) is 23.1 Å². The normalized spacial score (nSPS) is 15.4. The average molecular weight is 220 g/mol. The van der Waals surface area contributed by atoms with Gasteiger partial charge in [-0.15, -0.1) is 0 Å². The van der Waals surface area contributed by atoms with Crippen LogP contribution in [-0.4, -0.2) is 13.9 Å². The minimum Gasteiger partial charge on any atom is -0.768 e. The molecule has 0 saturated carbocycles. The van der Waals surface area contributed by atoms with E-state index in [0.717, 1.165) is 0 Å². The molecule has 0 heterocycles. The number of rotatable bonds is 2. The van der Waals surface area contributed by atoms with Crippen LogP contribution in [0.5, 0.6) is 0 Å². The van der Waals surface area contributed by atoms with Gasteiger partial charge in [-0.25, -0.2) is 0 Å². The highest BCUT2D eigenvalue weighted by Gasteiger charge is 2.11. The van der Waals surface area contributed by atoms with E-state index in [1.165, 1.54) is 19.1 Å². The topological polar surface area (TPSA) is 60.4 Å². The van der Waals surface area contributed by atoms with Gasteiger partial charge in [0.2, 0.25) is 0 Å². The fraction of sp³-hybridized carbons (Fsp3) is 0.250. The molecule has 0 fully saturated rings. The lowest BCUT2D eigenvalue weighted by Crippen LogP contribution is -2.01. The van der Waals surface area contributed by atoms with Crippen LogP contribution in [-0.2, 0) is 11.1 Å². The van der Waals surface area contributed by atoms with Crippen LogP contribution >= 0.6 is 11.6 Å². The third kappa shape index (κ3) is 2.28. The van der Waals surface area contributed by atoms with Gasteiger partial charge in [-0.3, -0.25) is 4.21 Å². The highest BCUT2D eigenvalue weighted by atomic mass is 35.5. The summed E-state index contributed by atoms with van der Waals surface area (Å²) in [6.07, 6.45) is -0.887. The Hall–Kier alpha value is -0.420. The summed E-state index contributed by atoms with van der Waals surface area (Å²) in [5.74, 6) is 0. The monoisotopic (exact) mass is 219 g/mol. The van der Waals surface area contributed by atoms with E-state index in [0.29, 0.717) is 0 Å². The van der Waals surface area contributed by atoms with Gasteiger partial charge in [-0.05, 0) is 30.1 Å². The first-order valence-corrected chi connectivity index (χ1v) is 5.05. The standard InChI is InChI=1S/C8H9ClO3S/c1-5(10)8-6(9)3-2-4-7(8)13(11)12/h2-5,10H,1H3,(H,11,12)/p-1. The van der Waals surface area contributed by atoms with Crippen molar-refractivity contribution < 1.29 is 13.9 Å². The molecule has 1 aromatic rings. The van der Waals surface area contributed by atoms with Crippen molar-refractivity contribution in [3.8, 4) is 0 Å².